The zero-order valence-corrected chi connectivity index (χ0v) is 12.3. The van der Waals surface area contributed by atoms with Gasteiger partial charge >= 0.3 is 11.9 Å². The van der Waals surface area contributed by atoms with E-state index in [1.165, 1.54) is 0 Å². The zero-order chi connectivity index (χ0) is 16.1. The summed E-state index contributed by atoms with van der Waals surface area (Å²) >= 11 is 1.55. The Hall–Kier alpha value is -2.61. The van der Waals surface area contributed by atoms with Crippen molar-refractivity contribution in [1.82, 2.24) is 0 Å². The van der Waals surface area contributed by atoms with Crippen LogP contribution in [0.3, 0.4) is 0 Å². The molecule has 0 spiro atoms. The van der Waals surface area contributed by atoms with Gasteiger partial charge in [-0.25, -0.2) is 4.79 Å². The van der Waals surface area contributed by atoms with Crippen LogP contribution < -0.4 is 0 Å². The number of esters is 1. The molecule has 1 heterocycles. The van der Waals surface area contributed by atoms with E-state index in [1.54, 1.807) is 36.0 Å². The average Bonchev–Trinajstić information content (AvgIpc) is 3.02. The molecule has 0 atom stereocenters. The van der Waals surface area contributed by atoms with Gasteiger partial charge in [0.05, 0.1) is 6.07 Å². The van der Waals surface area contributed by atoms with Gasteiger partial charge in [-0.05, 0) is 24.5 Å². The number of benzene rings is 1. The summed E-state index contributed by atoms with van der Waals surface area (Å²) in [6.07, 6.45) is 1.92. The lowest BCUT2D eigenvalue weighted by Gasteiger charge is -2.03. The van der Waals surface area contributed by atoms with Gasteiger partial charge in [0, 0.05) is 10.5 Å². The quantitative estimate of drug-likeness (QED) is 0.265. The summed E-state index contributed by atoms with van der Waals surface area (Å²) in [5.74, 6) is -2.19. The maximum atomic E-state index is 11.9. The smallest absolute Gasteiger partial charge is 0.433 e. The number of Topliss-reactive ketones (excluding diaryl/α,β-unsaturated/α-hetero) is 1. The predicted molar refractivity (Wildman–Crippen MR) is 78.2 cm³/mol. The number of nitrogens with zero attached hydrogens (tertiary/aromatic N) is 1. The Balaban J connectivity index is 1.94. The molecule has 2 rings (SSSR count). The first-order valence-corrected chi connectivity index (χ1v) is 7.32. The maximum absolute atomic E-state index is 11.9. The van der Waals surface area contributed by atoms with Gasteiger partial charge in [0.2, 0.25) is 5.76 Å². The average molecular weight is 321 g/mol. The SMILES string of the molecule is CSc1ccc(C(=O)COC(=O)c2ccc([N+](=O)[O-])o2)cc1. The highest BCUT2D eigenvalue weighted by Gasteiger charge is 2.19. The highest BCUT2D eigenvalue weighted by molar-refractivity contribution is 7.98. The number of hydrogen-bond donors (Lipinski definition) is 0. The summed E-state index contributed by atoms with van der Waals surface area (Å²) in [6, 6.07) is 9.02. The van der Waals surface area contributed by atoms with Gasteiger partial charge in [-0.15, -0.1) is 11.8 Å². The first-order valence-electron chi connectivity index (χ1n) is 6.10. The monoisotopic (exact) mass is 321 g/mol. The van der Waals surface area contributed by atoms with Crippen LogP contribution in [-0.4, -0.2) is 29.5 Å². The number of rotatable bonds is 6. The molecule has 0 saturated carbocycles. The second kappa shape index (κ2) is 6.90. The molecule has 0 radical (unpaired) electrons. The van der Waals surface area contributed by atoms with E-state index in [-0.39, 0.29) is 11.5 Å². The van der Waals surface area contributed by atoms with E-state index in [9.17, 15) is 19.7 Å². The fraction of sp³-hybridized carbons (Fsp3) is 0.143. The number of hydrogen-bond acceptors (Lipinski definition) is 7. The van der Waals surface area contributed by atoms with E-state index < -0.39 is 23.4 Å². The lowest BCUT2D eigenvalue weighted by Crippen LogP contribution is -2.13. The molecule has 0 N–H and O–H groups in total. The van der Waals surface area contributed by atoms with Crippen LogP contribution in [0.25, 0.3) is 0 Å². The standard InChI is InChI=1S/C14H11NO6S/c1-22-10-4-2-9(3-5-10)11(16)8-20-14(17)12-6-7-13(21-12)15(18)19/h2-7H,8H2,1H3. The van der Waals surface area contributed by atoms with Crippen LogP contribution in [0.5, 0.6) is 0 Å². The van der Waals surface area contributed by atoms with E-state index in [0.29, 0.717) is 5.56 Å². The molecule has 0 aliphatic rings. The van der Waals surface area contributed by atoms with Crippen molar-refractivity contribution in [3.8, 4) is 0 Å². The molecule has 0 amide bonds. The van der Waals surface area contributed by atoms with Gasteiger partial charge in [0.15, 0.2) is 12.4 Å². The topological polar surface area (TPSA) is 99.7 Å². The molecule has 0 saturated heterocycles. The van der Waals surface area contributed by atoms with Gasteiger partial charge < -0.3 is 9.15 Å². The van der Waals surface area contributed by atoms with Gasteiger partial charge in [0.1, 0.15) is 4.92 Å². The van der Waals surface area contributed by atoms with Crippen molar-refractivity contribution in [3.63, 3.8) is 0 Å². The van der Waals surface area contributed by atoms with Crippen molar-refractivity contribution in [2.24, 2.45) is 0 Å². The molecule has 0 fully saturated rings. The molecular weight excluding hydrogens is 310 g/mol. The first kappa shape index (κ1) is 15.8. The summed E-state index contributed by atoms with van der Waals surface area (Å²) in [6.45, 7) is -0.466. The molecule has 1 aromatic heterocycles. The highest BCUT2D eigenvalue weighted by Crippen LogP contribution is 2.17. The van der Waals surface area contributed by atoms with Crippen molar-refractivity contribution in [2.75, 3.05) is 12.9 Å². The summed E-state index contributed by atoms with van der Waals surface area (Å²) in [5.41, 5.74) is 0.413. The summed E-state index contributed by atoms with van der Waals surface area (Å²) in [5, 5.41) is 10.4. The molecular formula is C14H11NO6S. The van der Waals surface area contributed by atoms with Crippen LogP contribution in [0.1, 0.15) is 20.9 Å². The fourth-order valence-electron chi connectivity index (χ4n) is 1.60. The van der Waals surface area contributed by atoms with Crippen LogP contribution in [0.4, 0.5) is 5.88 Å². The van der Waals surface area contributed by atoms with Crippen LogP contribution in [0.15, 0.2) is 45.7 Å². The van der Waals surface area contributed by atoms with Crippen molar-refractivity contribution in [1.29, 1.82) is 0 Å². The summed E-state index contributed by atoms with van der Waals surface area (Å²) in [7, 11) is 0. The number of ether oxygens (including phenoxy) is 1. The Kier molecular flexibility index (Phi) is 4.95. The number of furan rings is 1. The Bertz CT molecular complexity index is 706. The molecule has 0 aliphatic carbocycles. The third-order valence-electron chi connectivity index (χ3n) is 2.72. The van der Waals surface area contributed by atoms with E-state index in [2.05, 4.69) is 4.42 Å². The maximum Gasteiger partial charge on any atom is 0.433 e. The minimum absolute atomic E-state index is 0.322. The van der Waals surface area contributed by atoms with Crippen LogP contribution in [0.2, 0.25) is 0 Å². The number of thioether (sulfide) groups is 1. The minimum atomic E-state index is -0.929. The Morgan fingerprint density at radius 3 is 2.45 bits per heavy atom. The van der Waals surface area contributed by atoms with E-state index in [4.69, 9.17) is 4.74 Å². The van der Waals surface area contributed by atoms with Gasteiger partial charge in [-0.2, -0.15) is 0 Å². The van der Waals surface area contributed by atoms with Gasteiger partial charge in [-0.3, -0.25) is 14.9 Å². The number of carbonyl (C=O) groups excluding carboxylic acids is 2. The number of ketones is 1. The Morgan fingerprint density at radius 2 is 1.91 bits per heavy atom. The largest absolute Gasteiger partial charge is 0.451 e. The van der Waals surface area contributed by atoms with E-state index >= 15 is 0 Å². The van der Waals surface area contributed by atoms with Crippen molar-refractivity contribution < 1.29 is 23.7 Å². The van der Waals surface area contributed by atoms with Crippen molar-refractivity contribution >= 4 is 29.4 Å². The summed E-state index contributed by atoms with van der Waals surface area (Å²) in [4.78, 5) is 34.2. The molecule has 114 valence electrons. The van der Waals surface area contributed by atoms with Gasteiger partial charge in [0.25, 0.3) is 0 Å². The number of carbonyl (C=O) groups is 2. The van der Waals surface area contributed by atoms with Crippen molar-refractivity contribution in [2.45, 2.75) is 4.90 Å². The molecule has 22 heavy (non-hydrogen) atoms. The van der Waals surface area contributed by atoms with Gasteiger partial charge in [-0.1, -0.05) is 12.1 Å². The van der Waals surface area contributed by atoms with E-state index in [1.807, 2.05) is 6.26 Å². The van der Waals surface area contributed by atoms with E-state index in [0.717, 1.165) is 17.0 Å². The third kappa shape index (κ3) is 3.73. The van der Waals surface area contributed by atoms with Crippen LogP contribution in [0, 0.1) is 10.1 Å². The predicted octanol–water partition coefficient (Wildman–Crippen LogP) is 2.95. The second-order valence-corrected chi connectivity index (χ2v) is 5.00. The second-order valence-electron chi connectivity index (χ2n) is 4.12. The van der Waals surface area contributed by atoms with Crippen molar-refractivity contribution in [3.05, 3.63) is 57.8 Å². The van der Waals surface area contributed by atoms with Crippen LogP contribution >= 0.6 is 11.8 Å². The highest BCUT2D eigenvalue weighted by atomic mass is 32.2. The summed E-state index contributed by atoms with van der Waals surface area (Å²) < 4.78 is 9.47. The lowest BCUT2D eigenvalue weighted by molar-refractivity contribution is -0.402. The fourth-order valence-corrected chi connectivity index (χ4v) is 2.01. The molecule has 8 heteroatoms. The molecule has 0 unspecified atom stereocenters. The molecule has 7 nitrogen and oxygen atoms in total. The molecule has 0 bridgehead atoms. The Morgan fingerprint density at radius 1 is 1.23 bits per heavy atom. The first-order chi connectivity index (χ1) is 10.5. The Labute approximate surface area is 129 Å². The molecule has 2 aromatic rings. The zero-order valence-electron chi connectivity index (χ0n) is 11.5. The third-order valence-corrected chi connectivity index (χ3v) is 3.46. The normalized spacial score (nSPS) is 10.2. The van der Waals surface area contributed by atoms with Crippen LogP contribution in [-0.2, 0) is 4.74 Å². The number of nitro groups is 1. The lowest BCUT2D eigenvalue weighted by atomic mass is 10.1. The minimum Gasteiger partial charge on any atom is -0.451 e. The molecule has 0 aliphatic heterocycles. The molecule has 1 aromatic carbocycles.